The lowest BCUT2D eigenvalue weighted by atomic mass is 10.1. The van der Waals surface area contributed by atoms with E-state index in [2.05, 4.69) is 19.2 Å². The number of halogens is 3. The fraction of sp³-hybridized carbons (Fsp3) is 0.333. The average molecular weight is 373 g/mol. The molecule has 0 aliphatic heterocycles. The molecule has 124 valence electrons. The third-order valence-electron chi connectivity index (χ3n) is 3.40. The van der Waals surface area contributed by atoms with Gasteiger partial charge in [0.1, 0.15) is 5.75 Å². The molecule has 0 radical (unpaired) electrons. The molecule has 2 aromatic carbocycles. The van der Waals surface area contributed by atoms with Crippen LogP contribution in [0, 0.1) is 5.92 Å². The van der Waals surface area contributed by atoms with Gasteiger partial charge in [-0.25, -0.2) is 0 Å². The molecule has 0 aliphatic rings. The Morgan fingerprint density at radius 3 is 2.43 bits per heavy atom. The molecular formula is C18H20Cl3NO. The largest absolute Gasteiger partial charge is 0.493 e. The Bertz CT molecular complexity index is 659. The summed E-state index contributed by atoms with van der Waals surface area (Å²) in [5.74, 6) is 1.51. The minimum Gasteiger partial charge on any atom is -0.493 e. The first-order valence-corrected chi connectivity index (χ1v) is 8.70. The van der Waals surface area contributed by atoms with Crippen LogP contribution in [0.25, 0.3) is 0 Å². The zero-order chi connectivity index (χ0) is 16.8. The van der Waals surface area contributed by atoms with Gasteiger partial charge in [-0.2, -0.15) is 0 Å². The van der Waals surface area contributed by atoms with E-state index >= 15 is 0 Å². The monoisotopic (exact) mass is 371 g/mol. The summed E-state index contributed by atoms with van der Waals surface area (Å²) in [4.78, 5) is 0. The lowest BCUT2D eigenvalue weighted by Crippen LogP contribution is -2.06. The Kier molecular flexibility index (Phi) is 6.88. The predicted molar refractivity (Wildman–Crippen MR) is 100 cm³/mol. The summed E-state index contributed by atoms with van der Waals surface area (Å²) in [6.07, 6.45) is 1.03. The van der Waals surface area contributed by atoms with Crippen LogP contribution in [-0.2, 0) is 6.54 Å². The molecule has 2 nitrogen and oxygen atoms in total. The van der Waals surface area contributed by atoms with Gasteiger partial charge >= 0.3 is 0 Å². The van der Waals surface area contributed by atoms with Crippen LogP contribution in [0.2, 0.25) is 15.1 Å². The van der Waals surface area contributed by atoms with E-state index in [4.69, 9.17) is 39.5 Å². The van der Waals surface area contributed by atoms with Crippen molar-refractivity contribution in [1.82, 2.24) is 0 Å². The van der Waals surface area contributed by atoms with Crippen molar-refractivity contribution in [3.63, 3.8) is 0 Å². The van der Waals surface area contributed by atoms with E-state index in [9.17, 15) is 0 Å². The van der Waals surface area contributed by atoms with Gasteiger partial charge in [-0.1, -0.05) is 66.8 Å². The zero-order valence-corrected chi connectivity index (χ0v) is 15.5. The number of ether oxygens (including phenoxy) is 1. The van der Waals surface area contributed by atoms with Crippen LogP contribution in [0.4, 0.5) is 5.69 Å². The van der Waals surface area contributed by atoms with Crippen LogP contribution in [0.15, 0.2) is 36.4 Å². The van der Waals surface area contributed by atoms with Gasteiger partial charge in [0.15, 0.2) is 0 Å². The molecule has 0 aromatic heterocycles. The van der Waals surface area contributed by atoms with Crippen molar-refractivity contribution in [2.75, 3.05) is 11.9 Å². The molecule has 0 unspecified atom stereocenters. The van der Waals surface area contributed by atoms with Crippen molar-refractivity contribution in [2.24, 2.45) is 5.92 Å². The summed E-state index contributed by atoms with van der Waals surface area (Å²) in [5, 5.41) is 4.74. The number of nitrogens with one attached hydrogen (secondary N) is 1. The Morgan fingerprint density at radius 1 is 1.00 bits per heavy atom. The first-order chi connectivity index (χ1) is 11.0. The first-order valence-electron chi connectivity index (χ1n) is 7.56. The van der Waals surface area contributed by atoms with Crippen LogP contribution in [-0.4, -0.2) is 6.61 Å². The van der Waals surface area contributed by atoms with Crippen molar-refractivity contribution in [1.29, 1.82) is 0 Å². The summed E-state index contributed by atoms with van der Waals surface area (Å²) in [6, 6.07) is 11.3. The second kappa shape index (κ2) is 8.68. The number of hydrogen-bond acceptors (Lipinski definition) is 2. The Labute approximate surface area is 152 Å². The fourth-order valence-corrected chi connectivity index (χ4v) is 2.66. The zero-order valence-electron chi connectivity index (χ0n) is 13.2. The van der Waals surface area contributed by atoms with Crippen molar-refractivity contribution in [2.45, 2.75) is 26.8 Å². The molecule has 0 amide bonds. The smallest absolute Gasteiger partial charge is 0.124 e. The lowest BCUT2D eigenvalue weighted by molar-refractivity contribution is 0.287. The molecule has 0 heterocycles. The predicted octanol–water partition coefficient (Wildman–Crippen LogP) is 6.68. The summed E-state index contributed by atoms with van der Waals surface area (Å²) in [7, 11) is 0. The number of anilines is 1. The minimum absolute atomic E-state index is 0.444. The van der Waals surface area contributed by atoms with Gasteiger partial charge < -0.3 is 10.1 Å². The van der Waals surface area contributed by atoms with Gasteiger partial charge in [0.25, 0.3) is 0 Å². The molecule has 0 spiro atoms. The van der Waals surface area contributed by atoms with E-state index in [0.29, 0.717) is 34.1 Å². The highest BCUT2D eigenvalue weighted by Gasteiger charge is 2.08. The summed E-state index contributed by atoms with van der Waals surface area (Å²) < 4.78 is 5.89. The maximum absolute atomic E-state index is 6.19. The molecule has 2 rings (SSSR count). The minimum atomic E-state index is 0.444. The van der Waals surface area contributed by atoms with E-state index < -0.39 is 0 Å². The third kappa shape index (κ3) is 5.49. The quantitative estimate of drug-likeness (QED) is 0.547. The number of hydrogen-bond donors (Lipinski definition) is 1. The molecule has 0 fully saturated rings. The third-order valence-corrected chi connectivity index (χ3v) is 4.44. The highest BCUT2D eigenvalue weighted by molar-refractivity contribution is 6.44. The van der Waals surface area contributed by atoms with Crippen molar-refractivity contribution < 1.29 is 4.74 Å². The second-order valence-corrected chi connectivity index (χ2v) is 6.96. The molecule has 0 saturated carbocycles. The molecule has 0 aliphatic carbocycles. The van der Waals surface area contributed by atoms with Crippen LogP contribution < -0.4 is 10.1 Å². The molecule has 0 atom stereocenters. The van der Waals surface area contributed by atoms with Gasteiger partial charge in [-0.3, -0.25) is 0 Å². The van der Waals surface area contributed by atoms with Gasteiger partial charge in [0.05, 0.1) is 27.4 Å². The molecule has 2 aromatic rings. The number of rotatable bonds is 7. The highest BCUT2D eigenvalue weighted by atomic mass is 35.5. The molecule has 0 saturated heterocycles. The fourth-order valence-electron chi connectivity index (χ4n) is 2.04. The molecule has 5 heteroatoms. The number of para-hydroxylation sites is 1. The van der Waals surface area contributed by atoms with E-state index in [1.165, 1.54) is 0 Å². The maximum atomic E-state index is 6.19. The van der Waals surface area contributed by atoms with Crippen LogP contribution in [0.1, 0.15) is 25.8 Å². The van der Waals surface area contributed by atoms with Crippen LogP contribution in [0.5, 0.6) is 5.75 Å². The highest BCUT2D eigenvalue weighted by Crippen LogP contribution is 2.33. The summed E-state index contributed by atoms with van der Waals surface area (Å²) >= 11 is 18.2. The van der Waals surface area contributed by atoms with Gasteiger partial charge in [0.2, 0.25) is 0 Å². The molecule has 23 heavy (non-hydrogen) atoms. The SMILES string of the molecule is CC(C)CCOc1ccccc1CNc1cc(Cl)c(Cl)cc1Cl. The van der Waals surface area contributed by atoms with Crippen molar-refractivity contribution >= 4 is 40.5 Å². The first kappa shape index (κ1) is 18.3. The van der Waals surface area contributed by atoms with Gasteiger partial charge in [-0.15, -0.1) is 0 Å². The van der Waals surface area contributed by atoms with E-state index in [1.807, 2.05) is 24.3 Å². The number of benzene rings is 2. The van der Waals surface area contributed by atoms with Gasteiger partial charge in [-0.05, 0) is 30.5 Å². The van der Waals surface area contributed by atoms with Gasteiger partial charge in [0, 0.05) is 12.1 Å². The van der Waals surface area contributed by atoms with E-state index in [-0.39, 0.29) is 0 Å². The van der Waals surface area contributed by atoms with E-state index in [0.717, 1.165) is 23.4 Å². The maximum Gasteiger partial charge on any atom is 0.124 e. The van der Waals surface area contributed by atoms with Crippen molar-refractivity contribution in [3.8, 4) is 5.75 Å². The van der Waals surface area contributed by atoms with Crippen LogP contribution in [0.3, 0.4) is 0 Å². The van der Waals surface area contributed by atoms with Crippen LogP contribution >= 0.6 is 34.8 Å². The second-order valence-electron chi connectivity index (χ2n) is 5.74. The standard InChI is InChI=1S/C18H20Cl3NO/c1-12(2)7-8-23-18-6-4-3-5-13(18)11-22-17-10-15(20)14(19)9-16(17)21/h3-6,9-10,12,22H,7-8,11H2,1-2H3. The van der Waals surface area contributed by atoms with E-state index in [1.54, 1.807) is 12.1 Å². The Morgan fingerprint density at radius 2 is 1.70 bits per heavy atom. The summed E-state index contributed by atoms with van der Waals surface area (Å²) in [5.41, 5.74) is 1.82. The molecular weight excluding hydrogens is 353 g/mol. The van der Waals surface area contributed by atoms with Crippen molar-refractivity contribution in [3.05, 3.63) is 57.0 Å². The molecule has 0 bridgehead atoms. The average Bonchev–Trinajstić information content (AvgIpc) is 2.50. The lowest BCUT2D eigenvalue weighted by Gasteiger charge is -2.14. The topological polar surface area (TPSA) is 21.3 Å². The normalized spacial score (nSPS) is 10.9. The Hall–Kier alpha value is -1.09. The summed E-state index contributed by atoms with van der Waals surface area (Å²) in [6.45, 7) is 5.67. The Balaban J connectivity index is 2.04. The molecule has 1 N–H and O–H groups in total.